The van der Waals surface area contributed by atoms with Crippen molar-refractivity contribution in [1.82, 2.24) is 0 Å². The molecule has 0 N–H and O–H groups in total. The first-order chi connectivity index (χ1) is 0. The maximum atomic E-state index is 0. The fourth-order valence-corrected chi connectivity index (χ4v) is 0. The van der Waals surface area contributed by atoms with Gasteiger partial charge in [0.25, 0.3) is 0 Å². The molecule has 0 aromatic carbocycles. The van der Waals surface area contributed by atoms with E-state index in [2.05, 4.69) is 0 Å². The zero-order chi connectivity index (χ0) is 0. The average Bonchev–Trinajstić information content (AvgIpc) is 0. The van der Waals surface area contributed by atoms with Crippen molar-refractivity contribution in [3.05, 3.63) is 0 Å². The van der Waals surface area contributed by atoms with Gasteiger partial charge in [-0.1, -0.05) is 0 Å². The molecule has 0 saturated heterocycles. The first kappa shape index (κ1) is 23.6. The van der Waals surface area contributed by atoms with Crippen LogP contribution in [0.4, 0.5) is 0 Å². The molecule has 0 aliphatic heterocycles. The minimum Gasteiger partial charge on any atom is 1.00 e. The molecule has 0 aromatic heterocycles. The van der Waals surface area contributed by atoms with Crippen LogP contribution in [0.1, 0.15) is 0 Å². The molecule has 0 saturated carbocycles. The quantitative estimate of drug-likeness (QED) is 0.283. The molecule has 0 fully saturated rings. The van der Waals surface area contributed by atoms with Gasteiger partial charge in [-0.25, -0.2) is 0 Å². The SMILES string of the molecule is [Ca+2].[Ca+2].[Na+].[Na+]. The summed E-state index contributed by atoms with van der Waals surface area (Å²) in [6, 6.07) is 0. The van der Waals surface area contributed by atoms with E-state index in [1.165, 1.54) is 0 Å². The minimum atomic E-state index is 0. The Labute approximate surface area is 130 Å². The molecule has 0 radical (unpaired) electrons. The van der Waals surface area contributed by atoms with Crippen LogP contribution in [-0.2, 0) is 0 Å². The topological polar surface area (TPSA) is 0 Å². The summed E-state index contributed by atoms with van der Waals surface area (Å²) in [6.07, 6.45) is 0. The van der Waals surface area contributed by atoms with E-state index < -0.39 is 0 Å². The van der Waals surface area contributed by atoms with Crippen LogP contribution in [0.3, 0.4) is 0 Å². The van der Waals surface area contributed by atoms with E-state index >= 15 is 0 Å². The van der Waals surface area contributed by atoms with E-state index in [9.17, 15) is 0 Å². The van der Waals surface area contributed by atoms with Crippen LogP contribution >= 0.6 is 0 Å². The van der Waals surface area contributed by atoms with Crippen molar-refractivity contribution in [2.75, 3.05) is 0 Å². The van der Waals surface area contributed by atoms with Crippen LogP contribution in [0, 0.1) is 0 Å². The summed E-state index contributed by atoms with van der Waals surface area (Å²) in [5, 5.41) is 0. The van der Waals surface area contributed by atoms with Gasteiger partial charge in [0, 0.05) is 0 Å². The Bertz CT molecular complexity index is 4.00. The Morgan fingerprint density at radius 1 is 0.500 bits per heavy atom. The van der Waals surface area contributed by atoms with Gasteiger partial charge in [-0.15, -0.1) is 0 Å². The van der Waals surface area contributed by atoms with E-state index in [0.29, 0.717) is 0 Å². The molecule has 0 atom stereocenters. The predicted molar refractivity (Wildman–Crippen MR) is 11.5 cm³/mol. The van der Waals surface area contributed by atoms with E-state index in [0.717, 1.165) is 0 Å². The molecule has 4 heteroatoms. The molecule has 0 nitrogen and oxygen atoms in total. The number of rotatable bonds is 0. The molecule has 0 aliphatic rings. The van der Waals surface area contributed by atoms with Gasteiger partial charge in [0.05, 0.1) is 0 Å². The standard InChI is InChI=1S/2Ca.2Na/q2*+2;2*+1. The molecular weight excluding hydrogens is 126 g/mol. The van der Waals surface area contributed by atoms with Crippen molar-refractivity contribution < 1.29 is 59.1 Å². The summed E-state index contributed by atoms with van der Waals surface area (Å²) >= 11 is 0. The van der Waals surface area contributed by atoms with Crippen molar-refractivity contribution in [3.63, 3.8) is 0 Å². The molecule has 0 aromatic rings. The molecule has 0 valence electrons. The second-order valence-corrected chi connectivity index (χ2v) is 0. The summed E-state index contributed by atoms with van der Waals surface area (Å²) in [5.74, 6) is 0. The molecule has 4 heavy (non-hydrogen) atoms. The maximum Gasteiger partial charge on any atom is 2.00 e. The average molecular weight is 126 g/mol. The van der Waals surface area contributed by atoms with Crippen LogP contribution in [0.25, 0.3) is 0 Å². The Kier molecular flexibility index (Phi) is 92.3. The number of hydrogen-bond acceptors (Lipinski definition) is 0. The number of hydrogen-bond donors (Lipinski definition) is 0. The molecule has 0 aliphatic carbocycles. The predicted octanol–water partition coefficient (Wildman–Crippen LogP) is -6.75. The largest absolute Gasteiger partial charge is 2.00 e. The van der Waals surface area contributed by atoms with Crippen molar-refractivity contribution >= 4 is 75.5 Å². The van der Waals surface area contributed by atoms with Gasteiger partial charge in [0.15, 0.2) is 0 Å². The maximum absolute atomic E-state index is 0. The zero-order valence-electron chi connectivity index (χ0n) is 3.41. The van der Waals surface area contributed by atoms with E-state index in [-0.39, 0.29) is 135 Å². The first-order valence-corrected chi connectivity index (χ1v) is 0. The van der Waals surface area contributed by atoms with Crippen LogP contribution < -0.4 is 59.1 Å². The normalized spacial score (nSPS) is 0. The summed E-state index contributed by atoms with van der Waals surface area (Å²) in [6.45, 7) is 0. The molecular formula is Ca2Na2+6. The second-order valence-electron chi connectivity index (χ2n) is 0. The smallest absolute Gasteiger partial charge is 1.00 e. The molecule has 0 heterocycles. The van der Waals surface area contributed by atoms with Crippen molar-refractivity contribution in [2.24, 2.45) is 0 Å². The molecule has 0 unspecified atom stereocenters. The van der Waals surface area contributed by atoms with Gasteiger partial charge in [-0.2, -0.15) is 0 Å². The zero-order valence-corrected chi connectivity index (χ0v) is 11.8. The summed E-state index contributed by atoms with van der Waals surface area (Å²) in [5.41, 5.74) is 0. The summed E-state index contributed by atoms with van der Waals surface area (Å²) < 4.78 is 0. The van der Waals surface area contributed by atoms with Gasteiger partial charge in [0.2, 0.25) is 0 Å². The van der Waals surface area contributed by atoms with Crippen molar-refractivity contribution in [3.8, 4) is 0 Å². The third kappa shape index (κ3) is 9.72. The Balaban J connectivity index is 0. The van der Waals surface area contributed by atoms with E-state index in [4.69, 9.17) is 0 Å². The fraction of sp³-hybridized carbons (Fsp3) is 0. The molecule has 0 rings (SSSR count). The van der Waals surface area contributed by atoms with E-state index in [1.807, 2.05) is 0 Å². The summed E-state index contributed by atoms with van der Waals surface area (Å²) in [7, 11) is 0. The third-order valence-corrected chi connectivity index (χ3v) is 0. The Morgan fingerprint density at radius 3 is 0.500 bits per heavy atom. The minimum absolute atomic E-state index is 0. The molecule has 0 bridgehead atoms. The van der Waals surface area contributed by atoms with Crippen LogP contribution in [0.15, 0.2) is 0 Å². The Morgan fingerprint density at radius 2 is 0.500 bits per heavy atom. The van der Waals surface area contributed by atoms with Gasteiger partial charge in [-0.05, 0) is 0 Å². The van der Waals surface area contributed by atoms with Gasteiger partial charge >= 0.3 is 135 Å². The molecule has 0 amide bonds. The van der Waals surface area contributed by atoms with Gasteiger partial charge in [-0.3, -0.25) is 0 Å². The third-order valence-electron chi connectivity index (χ3n) is 0. The van der Waals surface area contributed by atoms with Crippen LogP contribution in [0.2, 0.25) is 0 Å². The van der Waals surface area contributed by atoms with E-state index in [1.54, 1.807) is 0 Å². The van der Waals surface area contributed by atoms with Crippen molar-refractivity contribution in [1.29, 1.82) is 0 Å². The fourth-order valence-electron chi connectivity index (χ4n) is 0. The monoisotopic (exact) mass is 126 g/mol. The molecule has 0 spiro atoms. The Hall–Kier alpha value is 4.52. The second kappa shape index (κ2) is 15.6. The summed E-state index contributed by atoms with van der Waals surface area (Å²) in [4.78, 5) is 0. The van der Waals surface area contributed by atoms with Gasteiger partial charge in [0.1, 0.15) is 0 Å². The van der Waals surface area contributed by atoms with Crippen molar-refractivity contribution in [2.45, 2.75) is 0 Å². The van der Waals surface area contributed by atoms with Crippen LogP contribution in [0.5, 0.6) is 0 Å². The van der Waals surface area contributed by atoms with Crippen LogP contribution in [-0.4, -0.2) is 75.5 Å². The van der Waals surface area contributed by atoms with Gasteiger partial charge < -0.3 is 0 Å². The first-order valence-electron chi connectivity index (χ1n) is 0.